The molecule has 2 rings (SSSR count). The molecule has 2 N–H and O–H groups in total. The van der Waals surface area contributed by atoms with E-state index < -0.39 is 5.54 Å². The Kier molecular flexibility index (Phi) is 3.40. The van der Waals surface area contributed by atoms with Gasteiger partial charge in [0.05, 0.1) is 5.54 Å². The van der Waals surface area contributed by atoms with Crippen LogP contribution < -0.4 is 5.73 Å². The van der Waals surface area contributed by atoms with Crippen molar-refractivity contribution in [2.45, 2.75) is 24.8 Å². The summed E-state index contributed by atoms with van der Waals surface area (Å²) in [5.74, 6) is 0.0615. The summed E-state index contributed by atoms with van der Waals surface area (Å²) >= 11 is 5.81. The predicted molar refractivity (Wildman–Crippen MR) is 68.9 cm³/mol. The van der Waals surface area contributed by atoms with Gasteiger partial charge in [-0.1, -0.05) is 23.7 Å². The third-order valence-corrected chi connectivity index (χ3v) is 3.46. The quantitative estimate of drug-likeness (QED) is 0.889. The van der Waals surface area contributed by atoms with Gasteiger partial charge in [0.15, 0.2) is 0 Å². The summed E-state index contributed by atoms with van der Waals surface area (Å²) in [5, 5.41) is 0.733. The number of benzene rings is 1. The van der Waals surface area contributed by atoms with Gasteiger partial charge in [0.1, 0.15) is 0 Å². The molecule has 1 aliphatic rings. The molecule has 0 radical (unpaired) electrons. The van der Waals surface area contributed by atoms with E-state index in [4.69, 9.17) is 17.3 Å². The molecule has 1 aromatic rings. The lowest BCUT2D eigenvalue weighted by Gasteiger charge is -2.20. The van der Waals surface area contributed by atoms with Crippen molar-refractivity contribution in [2.75, 3.05) is 13.6 Å². The van der Waals surface area contributed by atoms with Crippen molar-refractivity contribution >= 4 is 17.5 Å². The second kappa shape index (κ2) is 4.67. The van der Waals surface area contributed by atoms with Crippen LogP contribution in [0.3, 0.4) is 0 Å². The molecule has 0 atom stereocenters. The molecule has 1 amide bonds. The van der Waals surface area contributed by atoms with E-state index >= 15 is 0 Å². The zero-order valence-corrected chi connectivity index (χ0v) is 10.7. The van der Waals surface area contributed by atoms with Crippen molar-refractivity contribution in [3.8, 4) is 0 Å². The number of hydrogen-bond donors (Lipinski definition) is 1. The third kappa shape index (κ3) is 2.99. The Morgan fingerprint density at radius 3 is 2.53 bits per heavy atom. The van der Waals surface area contributed by atoms with Crippen LogP contribution in [-0.2, 0) is 11.2 Å². The predicted octanol–water partition coefficient (Wildman–Crippen LogP) is 1.83. The zero-order chi connectivity index (χ0) is 12.5. The van der Waals surface area contributed by atoms with Gasteiger partial charge in [-0.3, -0.25) is 4.79 Å². The maximum absolute atomic E-state index is 11.9. The maximum atomic E-state index is 11.9. The summed E-state index contributed by atoms with van der Waals surface area (Å²) in [7, 11) is 1.81. The number of likely N-dealkylation sites (N-methyl/N-ethyl adjacent to an activating group) is 1. The lowest BCUT2D eigenvalue weighted by molar-refractivity contribution is -0.132. The van der Waals surface area contributed by atoms with Crippen LogP contribution in [0.1, 0.15) is 18.4 Å². The Hall–Kier alpha value is -1.06. The molecular formula is C13H17ClN2O. The Morgan fingerprint density at radius 1 is 1.41 bits per heavy atom. The molecule has 0 aromatic heterocycles. The number of carbonyl (C=O) groups is 1. The van der Waals surface area contributed by atoms with Gasteiger partial charge in [-0.15, -0.1) is 0 Å². The van der Waals surface area contributed by atoms with Crippen LogP contribution in [-0.4, -0.2) is 29.9 Å². The summed E-state index contributed by atoms with van der Waals surface area (Å²) in [6, 6.07) is 7.69. The van der Waals surface area contributed by atoms with Gasteiger partial charge in [-0.2, -0.15) is 0 Å². The minimum atomic E-state index is -0.561. The van der Waals surface area contributed by atoms with Gasteiger partial charge < -0.3 is 10.6 Å². The number of carbonyl (C=O) groups excluding carboxylic acids is 1. The molecule has 0 heterocycles. The summed E-state index contributed by atoms with van der Waals surface area (Å²) in [6.07, 6.45) is 2.46. The first kappa shape index (κ1) is 12.4. The Bertz CT molecular complexity index is 412. The largest absolute Gasteiger partial charge is 0.344 e. The van der Waals surface area contributed by atoms with E-state index in [9.17, 15) is 4.79 Å². The summed E-state index contributed by atoms with van der Waals surface area (Å²) in [5.41, 5.74) is 6.49. The second-order valence-corrected chi connectivity index (χ2v) is 5.20. The first-order valence-electron chi connectivity index (χ1n) is 5.80. The fraction of sp³-hybridized carbons (Fsp3) is 0.462. The Balaban J connectivity index is 1.85. The molecule has 1 aliphatic carbocycles. The lowest BCUT2D eigenvalue weighted by atomic mass is 10.1. The number of hydrogen-bond acceptors (Lipinski definition) is 2. The molecule has 0 bridgehead atoms. The molecule has 92 valence electrons. The Labute approximate surface area is 107 Å². The molecule has 17 heavy (non-hydrogen) atoms. The van der Waals surface area contributed by atoms with Crippen LogP contribution in [0, 0.1) is 0 Å². The van der Waals surface area contributed by atoms with Crippen LogP contribution in [0.5, 0.6) is 0 Å². The third-order valence-electron chi connectivity index (χ3n) is 3.21. The van der Waals surface area contributed by atoms with Crippen LogP contribution in [0.4, 0.5) is 0 Å². The monoisotopic (exact) mass is 252 g/mol. The van der Waals surface area contributed by atoms with Crippen molar-refractivity contribution in [1.29, 1.82) is 0 Å². The summed E-state index contributed by atoms with van der Waals surface area (Å²) < 4.78 is 0. The lowest BCUT2D eigenvalue weighted by Crippen LogP contribution is -2.44. The highest BCUT2D eigenvalue weighted by Gasteiger charge is 2.47. The zero-order valence-electron chi connectivity index (χ0n) is 9.95. The highest BCUT2D eigenvalue weighted by atomic mass is 35.5. The SMILES string of the molecule is CN(CCc1ccc(Cl)cc1)C(=O)C1(N)CC1. The van der Waals surface area contributed by atoms with E-state index in [1.807, 2.05) is 31.3 Å². The molecule has 0 saturated heterocycles. The minimum absolute atomic E-state index is 0.0615. The smallest absolute Gasteiger partial charge is 0.242 e. The fourth-order valence-corrected chi connectivity index (χ4v) is 1.90. The van der Waals surface area contributed by atoms with E-state index in [-0.39, 0.29) is 5.91 Å². The van der Waals surface area contributed by atoms with Crippen LogP contribution >= 0.6 is 11.6 Å². The number of rotatable bonds is 4. The number of nitrogens with zero attached hydrogens (tertiary/aromatic N) is 1. The molecule has 1 saturated carbocycles. The van der Waals surface area contributed by atoms with Crippen LogP contribution in [0.25, 0.3) is 0 Å². The minimum Gasteiger partial charge on any atom is -0.344 e. The van der Waals surface area contributed by atoms with Gasteiger partial charge in [-0.05, 0) is 37.0 Å². The van der Waals surface area contributed by atoms with Crippen molar-refractivity contribution in [3.63, 3.8) is 0 Å². The van der Waals surface area contributed by atoms with E-state index in [0.29, 0.717) is 6.54 Å². The van der Waals surface area contributed by atoms with Gasteiger partial charge in [0.2, 0.25) is 5.91 Å². The van der Waals surface area contributed by atoms with Crippen molar-refractivity contribution in [3.05, 3.63) is 34.9 Å². The van der Waals surface area contributed by atoms with Crippen molar-refractivity contribution < 1.29 is 4.79 Å². The first-order chi connectivity index (χ1) is 8.01. The van der Waals surface area contributed by atoms with Crippen molar-refractivity contribution in [1.82, 2.24) is 4.90 Å². The number of nitrogens with two attached hydrogens (primary N) is 1. The van der Waals surface area contributed by atoms with E-state index in [2.05, 4.69) is 0 Å². The first-order valence-corrected chi connectivity index (χ1v) is 6.18. The fourth-order valence-electron chi connectivity index (χ4n) is 1.78. The highest BCUT2D eigenvalue weighted by Crippen LogP contribution is 2.33. The van der Waals surface area contributed by atoms with Gasteiger partial charge in [-0.25, -0.2) is 0 Å². The van der Waals surface area contributed by atoms with Gasteiger partial charge in [0, 0.05) is 18.6 Å². The van der Waals surface area contributed by atoms with E-state index in [0.717, 1.165) is 24.3 Å². The average Bonchev–Trinajstić information content (AvgIpc) is 3.06. The summed E-state index contributed by atoms with van der Waals surface area (Å²) in [4.78, 5) is 13.6. The topological polar surface area (TPSA) is 46.3 Å². The molecule has 0 spiro atoms. The average molecular weight is 253 g/mol. The Morgan fingerprint density at radius 2 is 2.00 bits per heavy atom. The molecular weight excluding hydrogens is 236 g/mol. The number of amides is 1. The van der Waals surface area contributed by atoms with Gasteiger partial charge in [0.25, 0.3) is 0 Å². The van der Waals surface area contributed by atoms with Gasteiger partial charge >= 0.3 is 0 Å². The maximum Gasteiger partial charge on any atom is 0.242 e. The molecule has 3 nitrogen and oxygen atoms in total. The molecule has 4 heteroatoms. The highest BCUT2D eigenvalue weighted by molar-refractivity contribution is 6.30. The van der Waals surface area contributed by atoms with E-state index in [1.165, 1.54) is 5.56 Å². The molecule has 0 unspecified atom stereocenters. The normalized spacial score (nSPS) is 16.6. The molecule has 0 aliphatic heterocycles. The second-order valence-electron chi connectivity index (χ2n) is 4.76. The van der Waals surface area contributed by atoms with E-state index in [1.54, 1.807) is 4.90 Å². The molecule has 1 aromatic carbocycles. The van der Waals surface area contributed by atoms with Crippen molar-refractivity contribution in [2.24, 2.45) is 5.73 Å². The summed E-state index contributed by atoms with van der Waals surface area (Å²) in [6.45, 7) is 0.694. The molecule has 1 fully saturated rings. The van der Waals surface area contributed by atoms with Crippen LogP contribution in [0.15, 0.2) is 24.3 Å². The number of halogens is 1. The standard InChI is InChI=1S/C13H17ClN2O/c1-16(12(17)13(15)7-8-13)9-6-10-2-4-11(14)5-3-10/h2-5H,6-9,15H2,1H3. The van der Waals surface area contributed by atoms with Crippen LogP contribution in [0.2, 0.25) is 5.02 Å².